The lowest BCUT2D eigenvalue weighted by Crippen LogP contribution is -2.51. The van der Waals surface area contributed by atoms with E-state index in [1.807, 2.05) is 11.8 Å². The highest BCUT2D eigenvalue weighted by Gasteiger charge is 2.38. The van der Waals surface area contributed by atoms with E-state index in [1.54, 1.807) is 6.33 Å². The number of ether oxygens (including phenoxy) is 2. The molecule has 0 N–H and O–H groups in total. The van der Waals surface area contributed by atoms with Crippen LogP contribution in [0.2, 0.25) is 0 Å². The van der Waals surface area contributed by atoms with Crippen molar-refractivity contribution >= 4 is 0 Å². The molecule has 2 heterocycles. The van der Waals surface area contributed by atoms with Crippen molar-refractivity contribution in [1.82, 2.24) is 19.7 Å². The second kappa shape index (κ2) is 6.85. The van der Waals surface area contributed by atoms with E-state index < -0.39 is 0 Å². The van der Waals surface area contributed by atoms with E-state index in [1.165, 1.54) is 19.3 Å². The fraction of sp³-hybridized carbons (Fsp3) is 0.867. The molecule has 0 aromatic carbocycles. The number of aromatic nitrogens is 3. The lowest BCUT2D eigenvalue weighted by atomic mass is 9.94. The van der Waals surface area contributed by atoms with Crippen molar-refractivity contribution in [3.8, 4) is 0 Å². The lowest BCUT2D eigenvalue weighted by molar-refractivity contribution is -0.0619. The minimum Gasteiger partial charge on any atom is -0.381 e. The minimum atomic E-state index is 0.378. The molecule has 1 aliphatic carbocycles. The maximum Gasteiger partial charge on any atom is 0.141 e. The summed E-state index contributed by atoms with van der Waals surface area (Å²) in [5.74, 6) is 1.63. The van der Waals surface area contributed by atoms with Crippen LogP contribution in [0.15, 0.2) is 6.33 Å². The standard InChI is InChI=1S/C15H26N4O2/c1-3-19-15(16-11-17-19)9-18-7-8-21-10-13(18)12-5-4-6-14(12)20-2/h11-14H,3-10H2,1-2H3/t12-,13+,14+/m0/s1. The summed E-state index contributed by atoms with van der Waals surface area (Å²) in [6, 6.07) is 0.438. The first-order valence-corrected chi connectivity index (χ1v) is 8.04. The van der Waals surface area contributed by atoms with Crippen molar-refractivity contribution in [2.45, 2.75) is 51.4 Å². The van der Waals surface area contributed by atoms with Gasteiger partial charge in [-0.15, -0.1) is 0 Å². The number of rotatable bonds is 5. The Kier molecular flexibility index (Phi) is 4.87. The van der Waals surface area contributed by atoms with Gasteiger partial charge in [0.25, 0.3) is 0 Å². The summed E-state index contributed by atoms with van der Waals surface area (Å²) in [5.41, 5.74) is 0. The molecule has 1 saturated carbocycles. The van der Waals surface area contributed by atoms with Gasteiger partial charge in [0.05, 0.1) is 25.9 Å². The SMILES string of the molecule is CCn1ncnc1CN1CCOC[C@@H]1[C@@H]1CCC[C@H]1OC. The van der Waals surface area contributed by atoms with E-state index in [4.69, 9.17) is 9.47 Å². The summed E-state index contributed by atoms with van der Waals surface area (Å²) in [5, 5.41) is 4.28. The largest absolute Gasteiger partial charge is 0.381 e. The predicted molar refractivity (Wildman–Crippen MR) is 78.9 cm³/mol. The zero-order valence-electron chi connectivity index (χ0n) is 13.1. The number of methoxy groups -OCH3 is 1. The lowest BCUT2D eigenvalue weighted by Gasteiger charge is -2.40. The van der Waals surface area contributed by atoms with Gasteiger partial charge in [0.1, 0.15) is 12.2 Å². The third kappa shape index (κ3) is 3.12. The van der Waals surface area contributed by atoms with Crippen molar-refractivity contribution < 1.29 is 9.47 Å². The monoisotopic (exact) mass is 294 g/mol. The highest BCUT2D eigenvalue weighted by molar-refractivity contribution is 4.93. The molecule has 3 atom stereocenters. The third-order valence-electron chi connectivity index (χ3n) is 4.92. The van der Waals surface area contributed by atoms with Crippen LogP contribution in [0.3, 0.4) is 0 Å². The molecule has 2 aliphatic rings. The zero-order chi connectivity index (χ0) is 14.7. The summed E-state index contributed by atoms with van der Waals surface area (Å²) < 4.78 is 13.4. The molecular formula is C15H26N4O2. The topological polar surface area (TPSA) is 52.4 Å². The Bertz CT molecular complexity index is 451. The summed E-state index contributed by atoms with van der Waals surface area (Å²) >= 11 is 0. The van der Waals surface area contributed by atoms with Gasteiger partial charge in [-0.1, -0.05) is 6.42 Å². The van der Waals surface area contributed by atoms with Gasteiger partial charge in [-0.2, -0.15) is 5.10 Å². The van der Waals surface area contributed by atoms with Gasteiger partial charge < -0.3 is 9.47 Å². The summed E-state index contributed by atoms with van der Waals surface area (Å²) in [6.07, 6.45) is 5.71. The maximum absolute atomic E-state index is 5.75. The Morgan fingerprint density at radius 1 is 1.43 bits per heavy atom. The molecule has 6 nitrogen and oxygen atoms in total. The molecule has 21 heavy (non-hydrogen) atoms. The molecule has 118 valence electrons. The smallest absolute Gasteiger partial charge is 0.141 e. The molecule has 2 fully saturated rings. The number of aryl methyl sites for hydroxylation is 1. The van der Waals surface area contributed by atoms with E-state index in [0.717, 1.165) is 38.7 Å². The maximum atomic E-state index is 5.75. The van der Waals surface area contributed by atoms with Crippen molar-refractivity contribution in [2.75, 3.05) is 26.9 Å². The van der Waals surface area contributed by atoms with Crippen LogP contribution in [0.4, 0.5) is 0 Å². The Balaban J connectivity index is 1.72. The first-order chi connectivity index (χ1) is 10.3. The van der Waals surface area contributed by atoms with E-state index in [9.17, 15) is 0 Å². The fourth-order valence-corrected chi connectivity index (χ4v) is 3.79. The molecule has 0 amide bonds. The summed E-state index contributed by atoms with van der Waals surface area (Å²) in [6.45, 7) is 6.41. The van der Waals surface area contributed by atoms with E-state index in [0.29, 0.717) is 18.1 Å². The van der Waals surface area contributed by atoms with Gasteiger partial charge in [-0.3, -0.25) is 4.90 Å². The highest BCUT2D eigenvalue weighted by Crippen LogP contribution is 2.34. The van der Waals surface area contributed by atoms with E-state index in [2.05, 4.69) is 21.9 Å². The Morgan fingerprint density at radius 2 is 2.33 bits per heavy atom. The first kappa shape index (κ1) is 14.9. The predicted octanol–water partition coefficient (Wildman–Crippen LogP) is 1.31. The van der Waals surface area contributed by atoms with Gasteiger partial charge in [0, 0.05) is 32.2 Å². The molecule has 0 bridgehead atoms. The van der Waals surface area contributed by atoms with Crippen LogP contribution in [0.25, 0.3) is 0 Å². The first-order valence-electron chi connectivity index (χ1n) is 8.04. The van der Waals surface area contributed by atoms with Crippen LogP contribution in [0.5, 0.6) is 0 Å². The van der Waals surface area contributed by atoms with Crippen LogP contribution < -0.4 is 0 Å². The van der Waals surface area contributed by atoms with E-state index >= 15 is 0 Å². The quantitative estimate of drug-likeness (QED) is 0.819. The molecule has 0 spiro atoms. The molecule has 3 rings (SSSR count). The average molecular weight is 294 g/mol. The van der Waals surface area contributed by atoms with Crippen molar-refractivity contribution in [3.63, 3.8) is 0 Å². The Hall–Kier alpha value is -0.980. The van der Waals surface area contributed by atoms with Gasteiger partial charge in [-0.25, -0.2) is 9.67 Å². The van der Waals surface area contributed by atoms with Crippen molar-refractivity contribution in [3.05, 3.63) is 12.2 Å². The third-order valence-corrected chi connectivity index (χ3v) is 4.92. The van der Waals surface area contributed by atoms with Crippen LogP contribution in [-0.4, -0.2) is 58.7 Å². The molecule has 1 aromatic rings. The average Bonchev–Trinajstić information content (AvgIpc) is 3.16. The van der Waals surface area contributed by atoms with Crippen molar-refractivity contribution in [1.29, 1.82) is 0 Å². The molecular weight excluding hydrogens is 268 g/mol. The van der Waals surface area contributed by atoms with Gasteiger partial charge >= 0.3 is 0 Å². The van der Waals surface area contributed by atoms with E-state index in [-0.39, 0.29) is 0 Å². The highest BCUT2D eigenvalue weighted by atomic mass is 16.5. The zero-order valence-corrected chi connectivity index (χ0v) is 13.1. The van der Waals surface area contributed by atoms with Crippen molar-refractivity contribution in [2.24, 2.45) is 5.92 Å². The minimum absolute atomic E-state index is 0.378. The summed E-state index contributed by atoms with van der Waals surface area (Å²) in [7, 11) is 1.84. The second-order valence-electron chi connectivity index (χ2n) is 5.97. The van der Waals surface area contributed by atoms with Crippen LogP contribution in [0, 0.1) is 5.92 Å². The molecule has 1 aromatic heterocycles. The van der Waals surface area contributed by atoms with Gasteiger partial charge in [0.2, 0.25) is 0 Å². The second-order valence-corrected chi connectivity index (χ2v) is 5.97. The van der Waals surface area contributed by atoms with Crippen LogP contribution in [0.1, 0.15) is 32.0 Å². The number of morpholine rings is 1. The molecule has 1 saturated heterocycles. The number of hydrogen-bond donors (Lipinski definition) is 0. The molecule has 1 aliphatic heterocycles. The van der Waals surface area contributed by atoms with Crippen LogP contribution in [-0.2, 0) is 22.6 Å². The number of nitrogens with zero attached hydrogens (tertiary/aromatic N) is 4. The Labute approximate surface area is 126 Å². The molecule has 6 heteroatoms. The fourth-order valence-electron chi connectivity index (χ4n) is 3.79. The van der Waals surface area contributed by atoms with Crippen LogP contribution >= 0.6 is 0 Å². The Morgan fingerprint density at radius 3 is 3.14 bits per heavy atom. The summed E-state index contributed by atoms with van der Waals surface area (Å²) in [4.78, 5) is 6.94. The molecule has 0 unspecified atom stereocenters. The van der Waals surface area contributed by atoms with Gasteiger partial charge in [0.15, 0.2) is 0 Å². The van der Waals surface area contributed by atoms with Gasteiger partial charge in [-0.05, 0) is 19.8 Å². The molecule has 0 radical (unpaired) electrons. The number of hydrogen-bond acceptors (Lipinski definition) is 5. The normalized spacial score (nSPS) is 30.9.